The Kier molecular flexibility index (Phi) is 5.88. The number of unbranched alkanes of at least 4 members (excludes halogenated alkanes) is 3. The molecule has 146 valence electrons. The minimum Gasteiger partial charge on any atom is -0.342 e. The van der Waals surface area contributed by atoms with E-state index in [1.165, 1.54) is 35.0 Å². The van der Waals surface area contributed by atoms with Crippen molar-refractivity contribution in [2.75, 3.05) is 18.8 Å². The number of rotatable bonds is 8. The summed E-state index contributed by atoms with van der Waals surface area (Å²) in [6.07, 6.45) is 8.80. The van der Waals surface area contributed by atoms with Gasteiger partial charge in [0, 0.05) is 24.5 Å². The fourth-order valence-corrected chi connectivity index (χ4v) is 6.08. The molecule has 0 radical (unpaired) electrons. The van der Waals surface area contributed by atoms with E-state index in [0.29, 0.717) is 12.3 Å². The molecule has 27 heavy (non-hydrogen) atoms. The molecule has 1 saturated heterocycles. The summed E-state index contributed by atoms with van der Waals surface area (Å²) in [5.41, 5.74) is 1.35. The van der Waals surface area contributed by atoms with Gasteiger partial charge in [-0.25, -0.2) is 4.98 Å². The normalized spacial score (nSPS) is 16.0. The number of thiophene rings is 1. The molecule has 2 aliphatic rings. The van der Waals surface area contributed by atoms with Gasteiger partial charge in [-0.2, -0.15) is 0 Å². The van der Waals surface area contributed by atoms with Crippen LogP contribution in [-0.4, -0.2) is 39.2 Å². The van der Waals surface area contributed by atoms with Crippen LogP contribution in [0.1, 0.15) is 55.9 Å². The molecule has 4 rings (SSSR count). The van der Waals surface area contributed by atoms with Crippen LogP contribution in [0.5, 0.6) is 0 Å². The van der Waals surface area contributed by atoms with E-state index >= 15 is 0 Å². The molecular weight excluding hydrogens is 378 g/mol. The highest BCUT2D eigenvalue weighted by molar-refractivity contribution is 7.99. The Balaban J connectivity index is 1.62. The average molecular weight is 406 g/mol. The second kappa shape index (κ2) is 8.35. The molecule has 2 aromatic rings. The molecule has 0 N–H and O–H groups in total. The Bertz CT molecular complexity index is 899. The van der Waals surface area contributed by atoms with Crippen molar-refractivity contribution in [3.63, 3.8) is 0 Å². The summed E-state index contributed by atoms with van der Waals surface area (Å²) in [7, 11) is 0. The zero-order chi connectivity index (χ0) is 18.8. The molecule has 1 fully saturated rings. The molecule has 0 bridgehead atoms. The zero-order valence-electron chi connectivity index (χ0n) is 16.0. The van der Waals surface area contributed by atoms with E-state index in [0.717, 1.165) is 67.0 Å². The minimum atomic E-state index is 0.106. The average Bonchev–Trinajstić information content (AvgIpc) is 3.17. The van der Waals surface area contributed by atoms with E-state index < -0.39 is 0 Å². The maximum absolute atomic E-state index is 13.3. The summed E-state index contributed by atoms with van der Waals surface area (Å²) in [5, 5.41) is 1.57. The standard InChI is InChI=1S/C20H27N3O2S2/c1-2-3-4-5-12-23-19(25)17-14-8-6-9-15(14)27-18(17)21-20(23)26-13-16(24)22-10-7-11-22/h2-13H2,1H3. The van der Waals surface area contributed by atoms with Crippen molar-refractivity contribution in [2.24, 2.45) is 0 Å². The van der Waals surface area contributed by atoms with Gasteiger partial charge >= 0.3 is 0 Å². The van der Waals surface area contributed by atoms with Gasteiger partial charge in [0.15, 0.2) is 5.16 Å². The highest BCUT2D eigenvalue weighted by atomic mass is 32.2. The lowest BCUT2D eigenvalue weighted by Gasteiger charge is -2.30. The lowest BCUT2D eigenvalue weighted by molar-refractivity contribution is -0.131. The van der Waals surface area contributed by atoms with Crippen LogP contribution in [0.3, 0.4) is 0 Å². The third kappa shape index (κ3) is 3.81. The van der Waals surface area contributed by atoms with Crippen LogP contribution in [0.25, 0.3) is 10.2 Å². The summed E-state index contributed by atoms with van der Waals surface area (Å²) >= 11 is 3.11. The number of aryl methyl sites for hydroxylation is 2. The number of likely N-dealkylation sites (tertiary alicyclic amines) is 1. The van der Waals surface area contributed by atoms with Gasteiger partial charge in [-0.15, -0.1) is 11.3 Å². The molecule has 2 aromatic heterocycles. The van der Waals surface area contributed by atoms with Crippen molar-refractivity contribution in [1.82, 2.24) is 14.5 Å². The Morgan fingerprint density at radius 3 is 2.78 bits per heavy atom. The summed E-state index contributed by atoms with van der Waals surface area (Å²) in [6, 6.07) is 0. The van der Waals surface area contributed by atoms with Crippen molar-refractivity contribution in [2.45, 2.75) is 70.0 Å². The Labute approximate surface area is 168 Å². The number of hydrogen-bond donors (Lipinski definition) is 0. The molecule has 7 heteroatoms. The van der Waals surface area contributed by atoms with Crippen molar-refractivity contribution in [3.05, 3.63) is 20.8 Å². The molecule has 0 spiro atoms. The molecule has 0 saturated carbocycles. The maximum atomic E-state index is 13.3. The number of nitrogens with zero attached hydrogens (tertiary/aromatic N) is 3. The molecule has 0 unspecified atom stereocenters. The molecule has 1 aliphatic carbocycles. The van der Waals surface area contributed by atoms with E-state index in [9.17, 15) is 9.59 Å². The molecule has 0 aromatic carbocycles. The van der Waals surface area contributed by atoms with Crippen molar-refractivity contribution in [1.29, 1.82) is 0 Å². The van der Waals surface area contributed by atoms with Gasteiger partial charge in [-0.1, -0.05) is 37.9 Å². The predicted octanol–water partition coefficient (Wildman–Crippen LogP) is 3.85. The third-order valence-electron chi connectivity index (χ3n) is 5.56. The first kappa shape index (κ1) is 19.0. The lowest BCUT2D eigenvalue weighted by Crippen LogP contribution is -2.43. The second-order valence-electron chi connectivity index (χ2n) is 7.47. The maximum Gasteiger partial charge on any atom is 0.263 e. The van der Waals surface area contributed by atoms with E-state index in [2.05, 4.69) is 6.92 Å². The van der Waals surface area contributed by atoms with Gasteiger partial charge in [0.2, 0.25) is 5.91 Å². The number of carbonyl (C=O) groups excluding carboxylic acids is 1. The Hall–Kier alpha value is -1.34. The van der Waals surface area contributed by atoms with E-state index in [-0.39, 0.29) is 11.5 Å². The van der Waals surface area contributed by atoms with E-state index in [1.54, 1.807) is 11.3 Å². The molecule has 5 nitrogen and oxygen atoms in total. The SMILES string of the molecule is CCCCCCn1c(SCC(=O)N2CCC2)nc2sc3c(c2c1=O)CCC3. The zero-order valence-corrected chi connectivity index (χ0v) is 17.6. The monoisotopic (exact) mass is 405 g/mol. The molecular formula is C20H27N3O2S2. The van der Waals surface area contributed by atoms with Gasteiger partial charge < -0.3 is 4.90 Å². The molecule has 3 heterocycles. The summed E-state index contributed by atoms with van der Waals surface area (Å²) in [4.78, 5) is 34.5. The highest BCUT2D eigenvalue weighted by Crippen LogP contribution is 2.35. The van der Waals surface area contributed by atoms with Crippen LogP contribution in [0.15, 0.2) is 9.95 Å². The van der Waals surface area contributed by atoms with Crippen molar-refractivity contribution < 1.29 is 4.79 Å². The number of aromatic nitrogens is 2. The van der Waals surface area contributed by atoms with E-state index in [4.69, 9.17) is 4.98 Å². The number of hydrogen-bond acceptors (Lipinski definition) is 5. The first-order valence-corrected chi connectivity index (χ1v) is 11.9. The van der Waals surface area contributed by atoms with Crippen molar-refractivity contribution >= 4 is 39.2 Å². The fourth-order valence-electron chi connectivity index (χ4n) is 3.85. The smallest absolute Gasteiger partial charge is 0.263 e. The summed E-state index contributed by atoms with van der Waals surface area (Å²) in [5.74, 6) is 0.532. The number of carbonyl (C=O) groups is 1. The van der Waals surface area contributed by atoms with Crippen LogP contribution < -0.4 is 5.56 Å². The Morgan fingerprint density at radius 1 is 1.19 bits per heavy atom. The Morgan fingerprint density at radius 2 is 2.04 bits per heavy atom. The van der Waals surface area contributed by atoms with Crippen molar-refractivity contribution in [3.8, 4) is 0 Å². The lowest BCUT2D eigenvalue weighted by atomic mass is 10.2. The molecule has 1 amide bonds. The first-order valence-electron chi connectivity index (χ1n) is 10.1. The fraction of sp³-hybridized carbons (Fsp3) is 0.650. The summed E-state index contributed by atoms with van der Waals surface area (Å²) in [6.45, 7) is 4.63. The van der Waals surface area contributed by atoms with Crippen LogP contribution >= 0.6 is 23.1 Å². The predicted molar refractivity (Wildman–Crippen MR) is 112 cm³/mol. The van der Waals surface area contributed by atoms with Crippen LogP contribution in [0.4, 0.5) is 0 Å². The molecule has 1 aliphatic heterocycles. The van der Waals surface area contributed by atoms with Gasteiger partial charge in [0.25, 0.3) is 5.56 Å². The highest BCUT2D eigenvalue weighted by Gasteiger charge is 2.25. The second-order valence-corrected chi connectivity index (χ2v) is 9.50. The largest absolute Gasteiger partial charge is 0.342 e. The van der Waals surface area contributed by atoms with Gasteiger partial charge in [0.05, 0.1) is 11.1 Å². The van der Waals surface area contributed by atoms with Gasteiger partial charge in [-0.3, -0.25) is 14.2 Å². The molecule has 0 atom stereocenters. The number of fused-ring (bicyclic) bond motifs is 3. The van der Waals surface area contributed by atoms with E-state index in [1.807, 2.05) is 9.47 Å². The quantitative estimate of drug-likeness (QED) is 0.380. The first-order chi connectivity index (χ1) is 13.2. The van der Waals surface area contributed by atoms with Gasteiger partial charge in [-0.05, 0) is 37.7 Å². The number of thioether (sulfide) groups is 1. The topological polar surface area (TPSA) is 55.2 Å². The third-order valence-corrected chi connectivity index (χ3v) is 7.71. The van der Waals surface area contributed by atoms with Crippen LogP contribution in [-0.2, 0) is 24.2 Å². The van der Waals surface area contributed by atoms with Gasteiger partial charge in [0.1, 0.15) is 4.83 Å². The van der Waals surface area contributed by atoms with Crippen LogP contribution in [0.2, 0.25) is 0 Å². The van der Waals surface area contributed by atoms with Crippen LogP contribution in [0, 0.1) is 0 Å². The number of amides is 1. The minimum absolute atomic E-state index is 0.106. The summed E-state index contributed by atoms with van der Waals surface area (Å²) < 4.78 is 1.84.